The molecular formula is C25H23N3O4. The second-order valence-electron chi connectivity index (χ2n) is 7.28. The number of methoxy groups -OCH3 is 2. The largest absolute Gasteiger partial charge is 0.493 e. The maximum atomic E-state index is 12.9. The van der Waals surface area contributed by atoms with Gasteiger partial charge in [-0.25, -0.2) is 4.98 Å². The number of ether oxygens (including phenoxy) is 2. The lowest BCUT2D eigenvalue weighted by molar-refractivity contribution is -0.115. The lowest BCUT2D eigenvalue weighted by Gasteiger charge is -2.12. The van der Waals surface area contributed by atoms with Gasteiger partial charge in [0.15, 0.2) is 11.5 Å². The van der Waals surface area contributed by atoms with Crippen molar-refractivity contribution in [2.75, 3.05) is 19.5 Å². The summed E-state index contributed by atoms with van der Waals surface area (Å²) >= 11 is 0. The van der Waals surface area contributed by atoms with Gasteiger partial charge in [-0.15, -0.1) is 0 Å². The van der Waals surface area contributed by atoms with Gasteiger partial charge in [-0.05, 0) is 61.0 Å². The quantitative estimate of drug-likeness (QED) is 0.503. The topological polar surface area (TPSA) is 82.5 Å². The molecule has 7 heteroatoms. The average Bonchev–Trinajstić information content (AvgIpc) is 2.80. The molecule has 0 saturated heterocycles. The number of carbonyl (C=O) groups excluding carboxylic acids is 1. The third kappa shape index (κ3) is 4.18. The zero-order valence-electron chi connectivity index (χ0n) is 18.1. The van der Waals surface area contributed by atoms with Crippen LogP contribution < -0.4 is 20.3 Å². The molecule has 0 spiro atoms. The van der Waals surface area contributed by atoms with Crippen molar-refractivity contribution >= 4 is 22.5 Å². The minimum absolute atomic E-state index is 0.127. The van der Waals surface area contributed by atoms with E-state index in [-0.39, 0.29) is 17.9 Å². The number of rotatable bonds is 6. The van der Waals surface area contributed by atoms with E-state index in [1.54, 1.807) is 68.2 Å². The molecule has 0 radical (unpaired) electrons. The second-order valence-corrected chi connectivity index (χ2v) is 7.28. The molecule has 0 fully saturated rings. The molecule has 0 aliphatic rings. The van der Waals surface area contributed by atoms with E-state index in [0.29, 0.717) is 39.6 Å². The Balaban J connectivity index is 1.52. The van der Waals surface area contributed by atoms with Crippen LogP contribution in [-0.4, -0.2) is 29.7 Å². The third-order valence-corrected chi connectivity index (χ3v) is 5.17. The van der Waals surface area contributed by atoms with Crippen LogP contribution in [0.3, 0.4) is 0 Å². The zero-order valence-corrected chi connectivity index (χ0v) is 18.1. The summed E-state index contributed by atoms with van der Waals surface area (Å²) in [5, 5.41) is 3.44. The van der Waals surface area contributed by atoms with Gasteiger partial charge in [0.05, 0.1) is 37.2 Å². The van der Waals surface area contributed by atoms with Crippen LogP contribution in [0.4, 0.5) is 5.69 Å². The van der Waals surface area contributed by atoms with Gasteiger partial charge < -0.3 is 14.8 Å². The van der Waals surface area contributed by atoms with Gasteiger partial charge in [0.2, 0.25) is 5.91 Å². The van der Waals surface area contributed by atoms with Crippen molar-refractivity contribution in [3.63, 3.8) is 0 Å². The van der Waals surface area contributed by atoms with Crippen molar-refractivity contribution in [2.45, 2.75) is 13.3 Å². The predicted molar refractivity (Wildman–Crippen MR) is 124 cm³/mol. The van der Waals surface area contributed by atoms with Gasteiger partial charge in [-0.2, -0.15) is 0 Å². The Bertz CT molecular complexity index is 1340. The number of aromatic nitrogens is 2. The molecular weight excluding hydrogens is 406 g/mol. The first-order valence-corrected chi connectivity index (χ1v) is 10.1. The van der Waals surface area contributed by atoms with E-state index in [4.69, 9.17) is 9.47 Å². The maximum Gasteiger partial charge on any atom is 0.265 e. The number of hydrogen-bond acceptors (Lipinski definition) is 5. The highest BCUT2D eigenvalue weighted by Gasteiger charge is 2.11. The van der Waals surface area contributed by atoms with E-state index < -0.39 is 0 Å². The molecule has 0 bridgehead atoms. The number of nitrogens with one attached hydrogen (secondary N) is 1. The summed E-state index contributed by atoms with van der Waals surface area (Å²) in [6.07, 6.45) is 0.190. The van der Waals surface area contributed by atoms with Gasteiger partial charge in [0.1, 0.15) is 5.82 Å². The molecule has 32 heavy (non-hydrogen) atoms. The number of aryl methyl sites for hydroxylation is 1. The van der Waals surface area contributed by atoms with Gasteiger partial charge in [0.25, 0.3) is 5.56 Å². The SMILES string of the molecule is COc1ccc(CC(=O)Nc2ccc(-n3c(C)nc4ccccc4c3=O)cc2)cc1OC. The number of hydrogen-bond donors (Lipinski definition) is 1. The van der Waals surface area contributed by atoms with Crippen molar-refractivity contribution in [1.82, 2.24) is 9.55 Å². The van der Waals surface area contributed by atoms with Crippen molar-refractivity contribution in [2.24, 2.45) is 0 Å². The number of nitrogens with zero attached hydrogens (tertiary/aromatic N) is 2. The van der Waals surface area contributed by atoms with Crippen LogP contribution in [0.5, 0.6) is 11.5 Å². The summed E-state index contributed by atoms with van der Waals surface area (Å²) < 4.78 is 12.1. The number of fused-ring (bicyclic) bond motifs is 1. The highest BCUT2D eigenvalue weighted by molar-refractivity contribution is 5.92. The van der Waals surface area contributed by atoms with E-state index >= 15 is 0 Å². The first-order chi connectivity index (χ1) is 15.5. The second kappa shape index (κ2) is 8.93. The minimum Gasteiger partial charge on any atom is -0.493 e. The van der Waals surface area contributed by atoms with Crippen LogP contribution in [0.2, 0.25) is 0 Å². The third-order valence-electron chi connectivity index (χ3n) is 5.17. The number of benzene rings is 3. The van der Waals surface area contributed by atoms with Gasteiger partial charge in [-0.1, -0.05) is 18.2 Å². The highest BCUT2D eigenvalue weighted by Crippen LogP contribution is 2.27. The Morgan fingerprint density at radius 2 is 1.69 bits per heavy atom. The average molecular weight is 429 g/mol. The standard InChI is InChI=1S/C25H23N3O4/c1-16-26-21-7-5-4-6-20(21)25(30)28(16)19-11-9-18(10-12-19)27-24(29)15-17-8-13-22(31-2)23(14-17)32-3/h4-14H,15H2,1-3H3,(H,27,29). The molecule has 1 amide bonds. The highest BCUT2D eigenvalue weighted by atomic mass is 16.5. The van der Waals surface area contributed by atoms with Crippen LogP contribution in [-0.2, 0) is 11.2 Å². The van der Waals surface area contributed by atoms with Crippen molar-refractivity contribution in [3.05, 3.63) is 88.5 Å². The van der Waals surface area contributed by atoms with Crippen LogP contribution >= 0.6 is 0 Å². The van der Waals surface area contributed by atoms with E-state index in [0.717, 1.165) is 5.56 Å². The summed E-state index contributed by atoms with van der Waals surface area (Å²) in [4.78, 5) is 30.0. The Kier molecular flexibility index (Phi) is 5.89. The van der Waals surface area contributed by atoms with E-state index in [2.05, 4.69) is 10.3 Å². The molecule has 162 valence electrons. The molecule has 0 aliphatic carbocycles. The van der Waals surface area contributed by atoms with Crippen LogP contribution in [0.25, 0.3) is 16.6 Å². The maximum absolute atomic E-state index is 12.9. The first kappa shape index (κ1) is 21.1. The monoisotopic (exact) mass is 429 g/mol. The molecule has 0 atom stereocenters. The van der Waals surface area contributed by atoms with Crippen molar-refractivity contribution in [3.8, 4) is 17.2 Å². The van der Waals surface area contributed by atoms with E-state index in [9.17, 15) is 9.59 Å². The summed E-state index contributed by atoms with van der Waals surface area (Å²) in [5.74, 6) is 1.62. The molecule has 7 nitrogen and oxygen atoms in total. The Labute approximate surface area is 185 Å². The fourth-order valence-corrected chi connectivity index (χ4v) is 3.62. The summed E-state index contributed by atoms with van der Waals surface area (Å²) in [5.41, 5.74) is 2.67. The summed E-state index contributed by atoms with van der Waals surface area (Å²) in [6, 6.07) is 19.8. The smallest absolute Gasteiger partial charge is 0.265 e. The van der Waals surface area contributed by atoms with Crippen LogP contribution in [0.15, 0.2) is 71.5 Å². The lowest BCUT2D eigenvalue weighted by atomic mass is 10.1. The molecule has 1 aromatic heterocycles. The summed E-state index contributed by atoms with van der Waals surface area (Å²) in [7, 11) is 3.12. The Hall–Kier alpha value is -4.13. The molecule has 1 heterocycles. The van der Waals surface area contributed by atoms with Crippen LogP contribution in [0, 0.1) is 6.92 Å². The van der Waals surface area contributed by atoms with Crippen molar-refractivity contribution in [1.29, 1.82) is 0 Å². The molecule has 3 aromatic carbocycles. The number of amides is 1. The zero-order chi connectivity index (χ0) is 22.7. The van der Waals surface area contributed by atoms with Gasteiger partial charge >= 0.3 is 0 Å². The van der Waals surface area contributed by atoms with E-state index in [1.165, 1.54) is 0 Å². The normalized spacial score (nSPS) is 10.7. The number of anilines is 1. The lowest BCUT2D eigenvalue weighted by Crippen LogP contribution is -2.22. The number of carbonyl (C=O) groups is 1. The predicted octanol–water partition coefficient (Wildman–Crippen LogP) is 3.89. The van der Waals surface area contributed by atoms with Crippen LogP contribution in [0.1, 0.15) is 11.4 Å². The van der Waals surface area contributed by atoms with E-state index in [1.807, 2.05) is 24.3 Å². The molecule has 0 saturated carbocycles. The first-order valence-electron chi connectivity index (χ1n) is 10.1. The molecule has 4 aromatic rings. The molecule has 4 rings (SSSR count). The minimum atomic E-state index is -0.161. The Morgan fingerprint density at radius 1 is 0.969 bits per heavy atom. The number of para-hydroxylation sites is 1. The fourth-order valence-electron chi connectivity index (χ4n) is 3.62. The fraction of sp³-hybridized carbons (Fsp3) is 0.160. The van der Waals surface area contributed by atoms with Gasteiger partial charge in [0, 0.05) is 5.69 Å². The Morgan fingerprint density at radius 3 is 2.41 bits per heavy atom. The van der Waals surface area contributed by atoms with Crippen molar-refractivity contribution < 1.29 is 14.3 Å². The summed E-state index contributed by atoms with van der Waals surface area (Å²) in [6.45, 7) is 1.80. The molecule has 1 N–H and O–H groups in total. The molecule has 0 aliphatic heterocycles. The van der Waals surface area contributed by atoms with Gasteiger partial charge in [-0.3, -0.25) is 14.2 Å². The molecule has 0 unspecified atom stereocenters.